The van der Waals surface area contributed by atoms with Crippen LogP contribution in [-0.4, -0.2) is 10.4 Å². The van der Waals surface area contributed by atoms with E-state index >= 15 is 0 Å². The number of benzene rings is 2. The summed E-state index contributed by atoms with van der Waals surface area (Å²) in [4.78, 5) is 12.5. The highest BCUT2D eigenvalue weighted by Gasteiger charge is 2.22. The van der Waals surface area contributed by atoms with Crippen LogP contribution in [0.15, 0.2) is 67.3 Å². The van der Waals surface area contributed by atoms with Crippen molar-refractivity contribution in [3.63, 3.8) is 0 Å². The minimum Gasteiger partial charge on any atom is -0.291 e. The van der Waals surface area contributed by atoms with Crippen LogP contribution >= 0.6 is 0 Å². The molecular formula is C18H18N3O+. The topological polar surface area (TPSA) is 51.9 Å². The molecule has 110 valence electrons. The van der Waals surface area contributed by atoms with Crippen molar-refractivity contribution < 1.29 is 9.36 Å². The summed E-state index contributed by atoms with van der Waals surface area (Å²) in [6.07, 6.45) is 1.80. The van der Waals surface area contributed by atoms with Crippen molar-refractivity contribution in [2.24, 2.45) is 0 Å². The van der Waals surface area contributed by atoms with E-state index < -0.39 is 0 Å². The molecule has 0 saturated heterocycles. The number of fused-ring (bicyclic) bond motifs is 1. The van der Waals surface area contributed by atoms with Gasteiger partial charge in [0.25, 0.3) is 0 Å². The number of nitrogens with zero attached hydrogens (tertiary/aromatic N) is 2. The predicted octanol–water partition coefficient (Wildman–Crippen LogP) is 2.58. The molecule has 2 N–H and O–H groups in total. The molecule has 22 heavy (non-hydrogen) atoms. The number of ketones is 1. The van der Waals surface area contributed by atoms with Gasteiger partial charge in [0.2, 0.25) is 0 Å². The van der Waals surface area contributed by atoms with Crippen molar-refractivity contribution in [1.29, 1.82) is 0 Å². The number of carbonyl (C=O) groups is 1. The van der Waals surface area contributed by atoms with Crippen LogP contribution in [0.2, 0.25) is 0 Å². The van der Waals surface area contributed by atoms with Gasteiger partial charge in [0.05, 0.1) is 6.54 Å². The van der Waals surface area contributed by atoms with E-state index in [0.29, 0.717) is 18.1 Å². The van der Waals surface area contributed by atoms with Gasteiger partial charge < -0.3 is 0 Å². The Morgan fingerprint density at radius 2 is 1.82 bits per heavy atom. The first-order valence-electron chi connectivity index (χ1n) is 7.18. The maximum Gasteiger partial charge on any atom is 0.356 e. The third-order valence-electron chi connectivity index (χ3n) is 3.73. The summed E-state index contributed by atoms with van der Waals surface area (Å²) in [6, 6.07) is 17.2. The predicted molar refractivity (Wildman–Crippen MR) is 87.5 cm³/mol. The van der Waals surface area contributed by atoms with Crippen LogP contribution in [0.1, 0.15) is 10.4 Å². The molecule has 0 aliphatic heterocycles. The monoisotopic (exact) mass is 292 g/mol. The van der Waals surface area contributed by atoms with Gasteiger partial charge in [-0.25, -0.2) is 9.13 Å². The number of rotatable bonds is 5. The highest BCUT2D eigenvalue weighted by molar-refractivity contribution is 5.95. The van der Waals surface area contributed by atoms with E-state index in [1.165, 1.54) is 0 Å². The molecule has 3 rings (SSSR count). The van der Waals surface area contributed by atoms with Gasteiger partial charge in [-0.2, -0.15) is 0 Å². The SMILES string of the molecule is C=CCn1c(N)[n+](CC(=O)c2ccccc2)c2ccccc21. The Morgan fingerprint density at radius 3 is 2.55 bits per heavy atom. The molecule has 3 aromatic rings. The molecule has 1 aromatic heterocycles. The third-order valence-corrected chi connectivity index (χ3v) is 3.73. The lowest BCUT2D eigenvalue weighted by Gasteiger charge is -2.01. The molecule has 0 aliphatic carbocycles. The van der Waals surface area contributed by atoms with Crippen molar-refractivity contribution >= 4 is 22.8 Å². The number of hydrogen-bond acceptors (Lipinski definition) is 2. The molecular weight excluding hydrogens is 274 g/mol. The Bertz CT molecular complexity index is 834. The zero-order valence-corrected chi connectivity index (χ0v) is 12.3. The van der Waals surface area contributed by atoms with Crippen LogP contribution in [0, 0.1) is 0 Å². The number of nitrogens with two attached hydrogens (primary N) is 1. The average Bonchev–Trinajstić information content (AvgIpc) is 2.82. The number of imidazole rings is 1. The summed E-state index contributed by atoms with van der Waals surface area (Å²) in [6.45, 7) is 4.60. The zero-order chi connectivity index (χ0) is 15.5. The van der Waals surface area contributed by atoms with Crippen LogP contribution in [0.5, 0.6) is 0 Å². The first kappa shape index (κ1) is 14.1. The fraction of sp³-hybridized carbons (Fsp3) is 0.111. The van der Waals surface area contributed by atoms with Crippen LogP contribution < -0.4 is 10.3 Å². The average molecular weight is 292 g/mol. The number of hydrogen-bond donors (Lipinski definition) is 1. The van der Waals surface area contributed by atoms with Gasteiger partial charge in [-0.15, -0.1) is 0 Å². The zero-order valence-electron chi connectivity index (χ0n) is 12.3. The first-order chi connectivity index (χ1) is 10.7. The molecule has 0 unspecified atom stereocenters. The van der Waals surface area contributed by atoms with Crippen molar-refractivity contribution in [1.82, 2.24) is 4.57 Å². The van der Waals surface area contributed by atoms with Gasteiger partial charge in [-0.3, -0.25) is 10.5 Å². The Kier molecular flexibility index (Phi) is 3.74. The lowest BCUT2D eigenvalue weighted by molar-refractivity contribution is -0.642. The van der Waals surface area contributed by atoms with E-state index in [4.69, 9.17) is 5.73 Å². The minimum absolute atomic E-state index is 0.0406. The molecule has 0 radical (unpaired) electrons. The Morgan fingerprint density at radius 1 is 1.14 bits per heavy atom. The van der Waals surface area contributed by atoms with E-state index in [9.17, 15) is 4.79 Å². The number of nitrogen functional groups attached to an aromatic ring is 1. The molecule has 0 saturated carbocycles. The highest BCUT2D eigenvalue weighted by Crippen LogP contribution is 2.16. The van der Waals surface area contributed by atoms with Crippen LogP contribution in [0.3, 0.4) is 0 Å². The number of aromatic nitrogens is 2. The summed E-state index contributed by atoms with van der Waals surface area (Å²) >= 11 is 0. The van der Waals surface area contributed by atoms with E-state index in [0.717, 1.165) is 11.0 Å². The van der Waals surface area contributed by atoms with Crippen molar-refractivity contribution in [3.8, 4) is 0 Å². The molecule has 4 nitrogen and oxygen atoms in total. The summed E-state index contributed by atoms with van der Waals surface area (Å²) in [5.41, 5.74) is 8.90. The fourth-order valence-corrected chi connectivity index (χ4v) is 2.66. The van der Waals surface area contributed by atoms with Crippen molar-refractivity contribution in [2.75, 3.05) is 5.73 Å². The second-order valence-corrected chi connectivity index (χ2v) is 5.12. The second-order valence-electron chi connectivity index (χ2n) is 5.12. The lowest BCUT2D eigenvalue weighted by Crippen LogP contribution is -2.40. The third kappa shape index (κ3) is 2.39. The number of Topliss-reactive ketones (excluding diaryl/α,β-unsaturated/α-hetero) is 1. The van der Waals surface area contributed by atoms with Crippen molar-refractivity contribution in [3.05, 3.63) is 72.8 Å². The van der Waals surface area contributed by atoms with Crippen LogP contribution in [0.4, 0.5) is 5.95 Å². The molecule has 2 aromatic carbocycles. The number of para-hydroxylation sites is 2. The largest absolute Gasteiger partial charge is 0.356 e. The summed E-state index contributed by atoms with van der Waals surface area (Å²) in [5, 5.41) is 0. The van der Waals surface area contributed by atoms with E-state index in [2.05, 4.69) is 6.58 Å². The Balaban J connectivity index is 2.05. The molecule has 0 spiro atoms. The van der Waals surface area contributed by atoms with Gasteiger partial charge in [0, 0.05) is 5.56 Å². The number of anilines is 1. The van der Waals surface area contributed by atoms with Gasteiger partial charge in [0.1, 0.15) is 17.6 Å². The molecule has 0 fully saturated rings. The summed E-state index contributed by atoms with van der Waals surface area (Å²) < 4.78 is 3.81. The fourth-order valence-electron chi connectivity index (χ4n) is 2.66. The van der Waals surface area contributed by atoms with Gasteiger partial charge in [-0.05, 0) is 12.1 Å². The maximum atomic E-state index is 12.5. The van der Waals surface area contributed by atoms with Crippen LogP contribution in [-0.2, 0) is 13.1 Å². The number of carbonyl (C=O) groups excluding carboxylic acids is 1. The van der Waals surface area contributed by atoms with E-state index in [1.807, 2.05) is 63.7 Å². The van der Waals surface area contributed by atoms with E-state index in [-0.39, 0.29) is 12.3 Å². The minimum atomic E-state index is 0.0406. The Hall–Kier alpha value is -2.88. The van der Waals surface area contributed by atoms with E-state index in [1.54, 1.807) is 6.08 Å². The molecule has 0 amide bonds. The number of allylic oxidation sites excluding steroid dienone is 1. The summed E-state index contributed by atoms with van der Waals surface area (Å²) in [7, 11) is 0. The van der Waals surface area contributed by atoms with Crippen molar-refractivity contribution in [2.45, 2.75) is 13.1 Å². The summed E-state index contributed by atoms with van der Waals surface area (Å²) in [5.74, 6) is 0.601. The normalized spacial score (nSPS) is 10.7. The van der Waals surface area contributed by atoms with Gasteiger partial charge >= 0.3 is 5.95 Å². The molecule has 0 atom stereocenters. The highest BCUT2D eigenvalue weighted by atomic mass is 16.1. The maximum absolute atomic E-state index is 12.5. The molecule has 4 heteroatoms. The van der Waals surface area contributed by atoms with Gasteiger partial charge in [0.15, 0.2) is 5.78 Å². The van der Waals surface area contributed by atoms with Gasteiger partial charge in [-0.1, -0.05) is 55.1 Å². The quantitative estimate of drug-likeness (QED) is 0.446. The molecule has 0 aliphatic rings. The molecule has 1 heterocycles. The Labute approximate surface area is 129 Å². The smallest absolute Gasteiger partial charge is 0.291 e. The van der Waals surface area contributed by atoms with Crippen LogP contribution in [0.25, 0.3) is 11.0 Å². The second kappa shape index (κ2) is 5.85. The standard InChI is InChI=1S/C18H17N3O/c1-2-12-20-15-10-6-7-11-16(15)21(18(20)19)13-17(22)14-8-4-3-5-9-14/h2-11,19H,1,12-13H2/p+1. The lowest BCUT2D eigenvalue weighted by atomic mass is 10.1. The molecule has 0 bridgehead atoms. The first-order valence-corrected chi connectivity index (χ1v) is 7.18.